The van der Waals surface area contributed by atoms with Gasteiger partial charge in [0.1, 0.15) is 10.8 Å². The van der Waals surface area contributed by atoms with Gasteiger partial charge >= 0.3 is 0 Å². The van der Waals surface area contributed by atoms with E-state index in [1.165, 1.54) is 5.56 Å². The SMILES string of the molecule is CCOc1ccc(C(C)NCc2nc(C)cs2)cc1. The maximum Gasteiger partial charge on any atom is 0.119 e. The van der Waals surface area contributed by atoms with Crippen molar-refractivity contribution in [1.82, 2.24) is 10.3 Å². The fourth-order valence-electron chi connectivity index (χ4n) is 1.86. The Morgan fingerprint density at radius 2 is 2.05 bits per heavy atom. The highest BCUT2D eigenvalue weighted by molar-refractivity contribution is 7.09. The third-order valence-corrected chi connectivity index (χ3v) is 3.88. The summed E-state index contributed by atoms with van der Waals surface area (Å²) in [4.78, 5) is 4.45. The van der Waals surface area contributed by atoms with Crippen molar-refractivity contribution >= 4 is 11.3 Å². The molecule has 1 aromatic heterocycles. The second-order valence-electron chi connectivity index (χ2n) is 4.49. The summed E-state index contributed by atoms with van der Waals surface area (Å²) in [5, 5.41) is 6.70. The van der Waals surface area contributed by atoms with Crippen LogP contribution in [0.15, 0.2) is 29.6 Å². The summed E-state index contributed by atoms with van der Waals surface area (Å²) in [5.41, 5.74) is 2.35. The van der Waals surface area contributed by atoms with E-state index in [0.717, 1.165) is 23.0 Å². The van der Waals surface area contributed by atoms with Crippen LogP contribution in [0.2, 0.25) is 0 Å². The van der Waals surface area contributed by atoms with Crippen LogP contribution in [0.1, 0.15) is 36.2 Å². The summed E-state index contributed by atoms with van der Waals surface area (Å²) in [7, 11) is 0. The standard InChI is InChI=1S/C15H20N2OS/c1-4-18-14-7-5-13(6-8-14)12(3)16-9-15-17-11(2)10-19-15/h5-8,10,12,16H,4,9H2,1-3H3. The van der Waals surface area contributed by atoms with Gasteiger partial charge in [-0.2, -0.15) is 0 Å². The molecule has 0 aliphatic rings. The van der Waals surface area contributed by atoms with Crippen LogP contribution in [0.25, 0.3) is 0 Å². The maximum atomic E-state index is 5.44. The first-order chi connectivity index (χ1) is 9.19. The van der Waals surface area contributed by atoms with Gasteiger partial charge in [-0.1, -0.05) is 12.1 Å². The van der Waals surface area contributed by atoms with Crippen LogP contribution in [-0.2, 0) is 6.54 Å². The van der Waals surface area contributed by atoms with Gasteiger partial charge in [0.2, 0.25) is 0 Å². The lowest BCUT2D eigenvalue weighted by atomic mass is 10.1. The van der Waals surface area contributed by atoms with Gasteiger partial charge in [-0.05, 0) is 38.5 Å². The molecular formula is C15H20N2OS. The Morgan fingerprint density at radius 1 is 1.32 bits per heavy atom. The number of thiazole rings is 1. The fraction of sp³-hybridized carbons (Fsp3) is 0.400. The Balaban J connectivity index is 1.90. The maximum absolute atomic E-state index is 5.44. The van der Waals surface area contributed by atoms with Crippen LogP contribution in [0, 0.1) is 6.92 Å². The molecule has 1 aromatic carbocycles. The highest BCUT2D eigenvalue weighted by atomic mass is 32.1. The molecule has 102 valence electrons. The Kier molecular flexibility index (Phi) is 4.93. The van der Waals surface area contributed by atoms with Gasteiger partial charge in [0, 0.05) is 23.7 Å². The number of nitrogens with zero attached hydrogens (tertiary/aromatic N) is 1. The molecule has 0 amide bonds. The van der Waals surface area contributed by atoms with Crippen LogP contribution >= 0.6 is 11.3 Å². The van der Waals surface area contributed by atoms with E-state index in [1.54, 1.807) is 11.3 Å². The zero-order chi connectivity index (χ0) is 13.7. The molecule has 1 heterocycles. The van der Waals surface area contributed by atoms with Crippen molar-refractivity contribution in [3.8, 4) is 5.75 Å². The predicted octanol–water partition coefficient (Wildman–Crippen LogP) is 3.70. The summed E-state index contributed by atoms with van der Waals surface area (Å²) >= 11 is 1.70. The Morgan fingerprint density at radius 3 is 2.63 bits per heavy atom. The van der Waals surface area contributed by atoms with E-state index in [0.29, 0.717) is 12.6 Å². The molecule has 4 heteroatoms. The first-order valence-electron chi connectivity index (χ1n) is 6.56. The number of nitrogens with one attached hydrogen (secondary N) is 1. The van der Waals surface area contributed by atoms with Crippen molar-refractivity contribution in [1.29, 1.82) is 0 Å². The largest absolute Gasteiger partial charge is 0.494 e. The van der Waals surface area contributed by atoms with E-state index in [-0.39, 0.29) is 0 Å². The minimum Gasteiger partial charge on any atom is -0.494 e. The normalized spacial score (nSPS) is 12.4. The zero-order valence-electron chi connectivity index (χ0n) is 11.6. The summed E-state index contributed by atoms with van der Waals surface area (Å²) in [6.45, 7) is 7.70. The molecule has 0 saturated heterocycles. The molecule has 0 aliphatic carbocycles. The topological polar surface area (TPSA) is 34.1 Å². The van der Waals surface area contributed by atoms with Crippen molar-refractivity contribution < 1.29 is 4.74 Å². The predicted molar refractivity (Wildman–Crippen MR) is 79.7 cm³/mol. The molecule has 0 spiro atoms. The Labute approximate surface area is 118 Å². The molecule has 3 nitrogen and oxygen atoms in total. The van der Waals surface area contributed by atoms with Crippen molar-refractivity contribution in [3.05, 3.63) is 45.9 Å². The molecule has 0 saturated carbocycles. The number of hydrogen-bond acceptors (Lipinski definition) is 4. The molecule has 1 unspecified atom stereocenters. The summed E-state index contributed by atoms with van der Waals surface area (Å²) in [6, 6.07) is 8.56. The average Bonchev–Trinajstić information content (AvgIpc) is 2.83. The Bertz CT molecular complexity index is 507. The number of hydrogen-bond donors (Lipinski definition) is 1. The van der Waals surface area contributed by atoms with Crippen LogP contribution in [-0.4, -0.2) is 11.6 Å². The van der Waals surface area contributed by atoms with E-state index >= 15 is 0 Å². The van der Waals surface area contributed by atoms with Crippen LogP contribution in [0.4, 0.5) is 0 Å². The average molecular weight is 276 g/mol. The molecule has 0 bridgehead atoms. The van der Waals surface area contributed by atoms with Gasteiger partial charge in [-0.25, -0.2) is 4.98 Å². The van der Waals surface area contributed by atoms with Crippen LogP contribution < -0.4 is 10.1 Å². The molecule has 1 N–H and O–H groups in total. The number of ether oxygens (including phenoxy) is 1. The second kappa shape index (κ2) is 6.68. The number of rotatable bonds is 6. The van der Waals surface area contributed by atoms with Crippen molar-refractivity contribution in [2.24, 2.45) is 0 Å². The third-order valence-electron chi connectivity index (χ3n) is 2.92. The zero-order valence-corrected chi connectivity index (χ0v) is 12.5. The van der Waals surface area contributed by atoms with E-state index < -0.39 is 0 Å². The van der Waals surface area contributed by atoms with Crippen molar-refractivity contribution in [2.45, 2.75) is 33.4 Å². The number of benzene rings is 1. The van der Waals surface area contributed by atoms with Crippen molar-refractivity contribution in [3.63, 3.8) is 0 Å². The lowest BCUT2D eigenvalue weighted by Crippen LogP contribution is -2.17. The van der Waals surface area contributed by atoms with Gasteiger partial charge in [0.15, 0.2) is 0 Å². The lowest BCUT2D eigenvalue weighted by Gasteiger charge is -2.14. The van der Waals surface area contributed by atoms with E-state index in [4.69, 9.17) is 4.74 Å². The second-order valence-corrected chi connectivity index (χ2v) is 5.43. The van der Waals surface area contributed by atoms with Crippen LogP contribution in [0.3, 0.4) is 0 Å². The molecule has 0 radical (unpaired) electrons. The highest BCUT2D eigenvalue weighted by Crippen LogP contribution is 2.18. The van der Waals surface area contributed by atoms with Crippen molar-refractivity contribution in [2.75, 3.05) is 6.61 Å². The van der Waals surface area contributed by atoms with E-state index in [1.807, 2.05) is 26.0 Å². The first-order valence-corrected chi connectivity index (χ1v) is 7.44. The van der Waals surface area contributed by atoms with E-state index in [9.17, 15) is 0 Å². The van der Waals surface area contributed by atoms with Gasteiger partial charge in [0.05, 0.1) is 6.61 Å². The van der Waals surface area contributed by atoms with Gasteiger partial charge in [0.25, 0.3) is 0 Å². The molecular weight excluding hydrogens is 256 g/mol. The van der Waals surface area contributed by atoms with Gasteiger partial charge < -0.3 is 10.1 Å². The summed E-state index contributed by atoms with van der Waals surface area (Å²) in [5.74, 6) is 0.925. The number of aryl methyl sites for hydroxylation is 1. The minimum absolute atomic E-state index is 0.305. The number of aromatic nitrogens is 1. The first kappa shape index (κ1) is 14.0. The summed E-state index contributed by atoms with van der Waals surface area (Å²) < 4.78 is 5.44. The molecule has 0 aliphatic heterocycles. The Hall–Kier alpha value is -1.39. The van der Waals surface area contributed by atoms with Gasteiger partial charge in [-0.15, -0.1) is 11.3 Å². The van der Waals surface area contributed by atoms with Crippen LogP contribution in [0.5, 0.6) is 5.75 Å². The lowest BCUT2D eigenvalue weighted by molar-refractivity contribution is 0.340. The van der Waals surface area contributed by atoms with Gasteiger partial charge in [-0.3, -0.25) is 0 Å². The molecule has 2 rings (SSSR count). The molecule has 2 aromatic rings. The third kappa shape index (κ3) is 4.04. The molecule has 19 heavy (non-hydrogen) atoms. The minimum atomic E-state index is 0.305. The quantitative estimate of drug-likeness (QED) is 0.873. The smallest absolute Gasteiger partial charge is 0.119 e. The fourth-order valence-corrected chi connectivity index (χ4v) is 2.58. The highest BCUT2D eigenvalue weighted by Gasteiger charge is 2.06. The monoisotopic (exact) mass is 276 g/mol. The molecule has 1 atom stereocenters. The van der Waals surface area contributed by atoms with E-state index in [2.05, 4.69) is 34.7 Å². The summed E-state index contributed by atoms with van der Waals surface area (Å²) in [6.07, 6.45) is 0. The molecule has 0 fully saturated rings.